The Morgan fingerprint density at radius 2 is 1.70 bits per heavy atom. The fourth-order valence-corrected chi connectivity index (χ4v) is 2.97. The third-order valence-electron chi connectivity index (χ3n) is 4.05. The molecular weight excluding hydrogens is 340 g/mol. The van der Waals surface area contributed by atoms with E-state index in [1.54, 1.807) is 18.3 Å². The van der Waals surface area contributed by atoms with Crippen molar-refractivity contribution in [2.45, 2.75) is 20.0 Å². The minimum Gasteiger partial charge on any atom is -0.490 e. The molecule has 0 fully saturated rings. The molecule has 0 N–H and O–H groups in total. The smallest absolute Gasteiger partial charge is 0.212 e. The summed E-state index contributed by atoms with van der Waals surface area (Å²) in [6, 6.07) is 19.1. The predicted molar refractivity (Wildman–Crippen MR) is 105 cm³/mol. The molecular formula is C22H20N2O3. The molecule has 4 rings (SSSR count). The van der Waals surface area contributed by atoms with Crippen molar-refractivity contribution in [1.82, 2.24) is 9.38 Å². The Labute approximate surface area is 157 Å². The molecule has 2 aromatic heterocycles. The van der Waals surface area contributed by atoms with Crippen LogP contribution in [0.2, 0.25) is 0 Å². The fraction of sp³-hybridized carbons (Fsp3) is 0.136. The zero-order valence-electron chi connectivity index (χ0n) is 15.3. The largest absolute Gasteiger partial charge is 0.490 e. The Kier molecular flexibility index (Phi) is 5.31. The van der Waals surface area contributed by atoms with E-state index >= 15 is 0 Å². The van der Waals surface area contributed by atoms with Crippen molar-refractivity contribution < 1.29 is 14.3 Å². The number of ether oxygens (including phenoxy) is 1. The van der Waals surface area contributed by atoms with Crippen LogP contribution < -0.4 is 4.74 Å². The van der Waals surface area contributed by atoms with Gasteiger partial charge in [0.05, 0.1) is 11.6 Å². The zero-order valence-corrected chi connectivity index (χ0v) is 15.3. The fourth-order valence-electron chi connectivity index (χ4n) is 2.97. The second-order valence-corrected chi connectivity index (χ2v) is 6.24. The Bertz CT molecular complexity index is 1080. The summed E-state index contributed by atoms with van der Waals surface area (Å²) >= 11 is 0. The van der Waals surface area contributed by atoms with E-state index in [1.807, 2.05) is 73.6 Å². The molecule has 0 unspecified atom stereocenters. The van der Waals surface area contributed by atoms with E-state index < -0.39 is 0 Å². The van der Waals surface area contributed by atoms with E-state index in [0.717, 1.165) is 16.7 Å². The third-order valence-corrected chi connectivity index (χ3v) is 4.05. The minimum absolute atomic E-state index is 0.0613. The van der Waals surface area contributed by atoms with Crippen LogP contribution in [0.15, 0.2) is 66.9 Å². The minimum atomic E-state index is -0.0836. The van der Waals surface area contributed by atoms with Gasteiger partial charge in [-0.2, -0.15) is 0 Å². The molecule has 0 bridgehead atoms. The van der Waals surface area contributed by atoms with Gasteiger partial charge in [0.2, 0.25) is 5.78 Å². The third kappa shape index (κ3) is 3.58. The maximum Gasteiger partial charge on any atom is 0.212 e. The van der Waals surface area contributed by atoms with Gasteiger partial charge in [0, 0.05) is 23.2 Å². The maximum absolute atomic E-state index is 12.7. The van der Waals surface area contributed by atoms with Gasteiger partial charge in [-0.3, -0.25) is 9.20 Å². The zero-order chi connectivity index (χ0) is 19.4. The number of carbonyl (C=O) groups excluding carboxylic acids is 2. The molecule has 0 aliphatic rings. The number of fused-ring (bicyclic) bond motifs is 3. The molecule has 5 heteroatoms. The number of benzene rings is 2. The average Bonchev–Trinajstić information content (AvgIpc) is 3.13. The van der Waals surface area contributed by atoms with Crippen LogP contribution in [0.3, 0.4) is 0 Å². The number of pyridine rings is 1. The molecule has 2 heterocycles. The van der Waals surface area contributed by atoms with Crippen molar-refractivity contribution in [3.8, 4) is 5.75 Å². The molecule has 27 heavy (non-hydrogen) atoms. The summed E-state index contributed by atoms with van der Waals surface area (Å²) in [5.41, 5.74) is 2.73. The van der Waals surface area contributed by atoms with Gasteiger partial charge >= 0.3 is 0 Å². The van der Waals surface area contributed by atoms with E-state index in [4.69, 9.17) is 9.53 Å². The van der Waals surface area contributed by atoms with Crippen LogP contribution in [0.1, 0.15) is 29.9 Å². The first-order valence-electron chi connectivity index (χ1n) is 8.59. The first-order valence-corrected chi connectivity index (χ1v) is 8.59. The number of hydrogen-bond acceptors (Lipinski definition) is 4. The molecule has 2 aromatic carbocycles. The number of imidazole rings is 1. The molecule has 0 atom stereocenters. The summed E-state index contributed by atoms with van der Waals surface area (Å²) in [7, 11) is 0. The maximum atomic E-state index is 12.7. The number of nitrogens with zero attached hydrogens (tertiary/aromatic N) is 2. The van der Waals surface area contributed by atoms with Crippen LogP contribution in [0.4, 0.5) is 0 Å². The first-order chi connectivity index (χ1) is 13.1. The second-order valence-electron chi connectivity index (χ2n) is 6.24. The highest BCUT2D eigenvalue weighted by atomic mass is 16.5. The summed E-state index contributed by atoms with van der Waals surface area (Å²) in [6.07, 6.45) is 1.86. The monoisotopic (exact) mass is 360 g/mol. The van der Waals surface area contributed by atoms with Gasteiger partial charge in [-0.25, -0.2) is 4.98 Å². The normalized spacial score (nSPS) is 10.6. The average molecular weight is 360 g/mol. The SMILES string of the molecule is C=O.CC(C)Oc1cc2nc(C(=O)c3ccccc3)cn2c2ccccc12. The van der Waals surface area contributed by atoms with Crippen molar-refractivity contribution in [3.63, 3.8) is 0 Å². The Balaban J connectivity index is 0.00000102. The number of aromatic nitrogens is 2. The highest BCUT2D eigenvalue weighted by Gasteiger charge is 2.16. The number of rotatable bonds is 4. The van der Waals surface area contributed by atoms with Gasteiger partial charge in [-0.15, -0.1) is 0 Å². The lowest BCUT2D eigenvalue weighted by Gasteiger charge is -2.13. The van der Waals surface area contributed by atoms with Crippen LogP contribution in [-0.2, 0) is 4.79 Å². The van der Waals surface area contributed by atoms with Gasteiger partial charge in [0.25, 0.3) is 0 Å². The van der Waals surface area contributed by atoms with Gasteiger partial charge in [-0.05, 0) is 26.0 Å². The molecule has 0 aliphatic heterocycles. The van der Waals surface area contributed by atoms with Gasteiger partial charge in [0.15, 0.2) is 0 Å². The van der Waals surface area contributed by atoms with Crippen LogP contribution in [-0.4, -0.2) is 28.1 Å². The highest BCUT2D eigenvalue weighted by molar-refractivity contribution is 6.08. The molecule has 0 radical (unpaired) electrons. The van der Waals surface area contributed by atoms with Gasteiger partial charge in [-0.1, -0.05) is 42.5 Å². The predicted octanol–water partition coefficient (Wildman–Crippen LogP) is 4.32. The molecule has 0 aliphatic carbocycles. The lowest BCUT2D eigenvalue weighted by molar-refractivity contribution is -0.0980. The van der Waals surface area contributed by atoms with Crippen molar-refractivity contribution in [1.29, 1.82) is 0 Å². The highest BCUT2D eigenvalue weighted by Crippen LogP contribution is 2.29. The van der Waals surface area contributed by atoms with Crippen LogP contribution in [0, 0.1) is 0 Å². The van der Waals surface area contributed by atoms with Crippen molar-refractivity contribution >= 4 is 29.1 Å². The number of para-hydroxylation sites is 1. The van der Waals surface area contributed by atoms with Crippen molar-refractivity contribution in [2.24, 2.45) is 0 Å². The molecule has 0 saturated heterocycles. The molecule has 0 spiro atoms. The lowest BCUT2D eigenvalue weighted by atomic mass is 10.1. The van der Waals surface area contributed by atoms with Gasteiger partial charge < -0.3 is 9.53 Å². The number of carbonyl (C=O) groups is 2. The van der Waals surface area contributed by atoms with Crippen LogP contribution in [0.5, 0.6) is 5.75 Å². The number of hydrogen-bond donors (Lipinski definition) is 0. The van der Waals surface area contributed by atoms with Crippen LogP contribution >= 0.6 is 0 Å². The summed E-state index contributed by atoms with van der Waals surface area (Å²) in [4.78, 5) is 25.2. The standard InChI is InChI=1S/C21H18N2O2.CH2O/c1-14(2)25-19-12-20-22-17(21(24)15-8-4-3-5-9-15)13-23(20)18-11-7-6-10-16(18)19;1-2/h3-14H,1-2H3;1H2. The Morgan fingerprint density at radius 3 is 2.41 bits per heavy atom. The summed E-state index contributed by atoms with van der Waals surface area (Å²) in [6.45, 7) is 5.99. The topological polar surface area (TPSA) is 60.7 Å². The van der Waals surface area contributed by atoms with Crippen LogP contribution in [0.25, 0.3) is 16.6 Å². The Hall–Kier alpha value is -3.47. The van der Waals surface area contributed by atoms with Crippen molar-refractivity contribution in [3.05, 3.63) is 78.1 Å². The number of ketones is 1. The van der Waals surface area contributed by atoms with E-state index in [0.29, 0.717) is 16.9 Å². The lowest BCUT2D eigenvalue weighted by Crippen LogP contribution is -2.06. The van der Waals surface area contributed by atoms with E-state index in [-0.39, 0.29) is 11.9 Å². The van der Waals surface area contributed by atoms with E-state index in [1.165, 1.54) is 0 Å². The van der Waals surface area contributed by atoms with E-state index in [9.17, 15) is 4.79 Å². The van der Waals surface area contributed by atoms with Gasteiger partial charge in [0.1, 0.15) is 23.9 Å². The summed E-state index contributed by atoms with van der Waals surface area (Å²) in [5.74, 6) is 0.696. The summed E-state index contributed by atoms with van der Waals surface area (Å²) in [5, 5.41) is 1.000. The summed E-state index contributed by atoms with van der Waals surface area (Å²) < 4.78 is 7.89. The van der Waals surface area contributed by atoms with Crippen molar-refractivity contribution in [2.75, 3.05) is 0 Å². The first kappa shape index (κ1) is 18.3. The Morgan fingerprint density at radius 1 is 1.04 bits per heavy atom. The molecule has 5 nitrogen and oxygen atoms in total. The molecule has 4 aromatic rings. The second kappa shape index (κ2) is 7.83. The molecule has 0 saturated carbocycles. The molecule has 136 valence electrons. The van der Waals surface area contributed by atoms with E-state index in [2.05, 4.69) is 4.98 Å². The quantitative estimate of drug-likeness (QED) is 0.509. The molecule has 0 amide bonds.